The molecule has 1 aromatic carbocycles. The van der Waals surface area contributed by atoms with Crippen molar-refractivity contribution in [1.29, 1.82) is 0 Å². The molecule has 0 aliphatic carbocycles. The first-order valence-corrected chi connectivity index (χ1v) is 3.75. The van der Waals surface area contributed by atoms with Gasteiger partial charge in [0.2, 0.25) is 0 Å². The van der Waals surface area contributed by atoms with Crippen LogP contribution in [0.1, 0.15) is 5.56 Å². The molecular formula is C9H13ClFNO. The number of nitrogens with one attached hydrogen (secondary N) is 1. The summed E-state index contributed by atoms with van der Waals surface area (Å²) in [6.07, 6.45) is 0. The third kappa shape index (κ3) is 3.20. The van der Waals surface area contributed by atoms with Crippen molar-refractivity contribution in [2.45, 2.75) is 6.54 Å². The number of methoxy groups -OCH3 is 1. The van der Waals surface area contributed by atoms with Crippen LogP contribution < -0.4 is 10.1 Å². The Morgan fingerprint density at radius 2 is 2.15 bits per heavy atom. The lowest BCUT2D eigenvalue weighted by atomic mass is 10.2. The van der Waals surface area contributed by atoms with Gasteiger partial charge in [-0.15, -0.1) is 12.4 Å². The molecule has 0 unspecified atom stereocenters. The number of rotatable bonds is 3. The zero-order valence-electron chi connectivity index (χ0n) is 7.63. The van der Waals surface area contributed by atoms with Gasteiger partial charge in [0.05, 0.1) is 7.11 Å². The summed E-state index contributed by atoms with van der Waals surface area (Å²) in [5, 5.41) is 2.98. The third-order valence-corrected chi connectivity index (χ3v) is 1.62. The number of benzene rings is 1. The Hall–Kier alpha value is -0.800. The van der Waals surface area contributed by atoms with E-state index < -0.39 is 0 Å². The highest BCUT2D eigenvalue weighted by molar-refractivity contribution is 5.85. The molecule has 0 saturated heterocycles. The Labute approximate surface area is 83.5 Å². The maximum absolute atomic E-state index is 12.7. The molecule has 0 aliphatic rings. The van der Waals surface area contributed by atoms with E-state index in [4.69, 9.17) is 4.74 Å². The Balaban J connectivity index is 0.00000144. The van der Waals surface area contributed by atoms with Gasteiger partial charge < -0.3 is 10.1 Å². The topological polar surface area (TPSA) is 21.3 Å². The number of hydrogen-bond acceptors (Lipinski definition) is 2. The quantitative estimate of drug-likeness (QED) is 0.815. The first-order valence-electron chi connectivity index (χ1n) is 3.75. The van der Waals surface area contributed by atoms with Crippen molar-refractivity contribution < 1.29 is 9.13 Å². The van der Waals surface area contributed by atoms with Crippen LogP contribution in [0.15, 0.2) is 18.2 Å². The summed E-state index contributed by atoms with van der Waals surface area (Å²) >= 11 is 0. The fraction of sp³-hybridized carbons (Fsp3) is 0.333. The maximum Gasteiger partial charge on any atom is 0.126 e. The fourth-order valence-electron chi connectivity index (χ4n) is 1.05. The molecule has 0 fully saturated rings. The summed E-state index contributed by atoms with van der Waals surface area (Å²) in [5.74, 6) is 0.316. The second kappa shape index (κ2) is 5.78. The van der Waals surface area contributed by atoms with E-state index in [-0.39, 0.29) is 18.2 Å². The summed E-state index contributed by atoms with van der Waals surface area (Å²) in [4.78, 5) is 0. The summed E-state index contributed by atoms with van der Waals surface area (Å²) in [6.45, 7) is 0.684. The molecule has 0 radical (unpaired) electrons. The van der Waals surface area contributed by atoms with E-state index in [2.05, 4.69) is 5.32 Å². The van der Waals surface area contributed by atoms with Crippen LogP contribution in [-0.4, -0.2) is 14.2 Å². The van der Waals surface area contributed by atoms with Gasteiger partial charge in [-0.2, -0.15) is 0 Å². The second-order valence-electron chi connectivity index (χ2n) is 2.49. The zero-order valence-corrected chi connectivity index (χ0v) is 8.45. The largest absolute Gasteiger partial charge is 0.496 e. The molecule has 0 aromatic heterocycles. The highest BCUT2D eigenvalue weighted by Crippen LogP contribution is 2.18. The van der Waals surface area contributed by atoms with Crippen LogP contribution >= 0.6 is 12.4 Å². The van der Waals surface area contributed by atoms with Gasteiger partial charge in [-0.05, 0) is 13.1 Å². The molecule has 4 heteroatoms. The van der Waals surface area contributed by atoms with E-state index in [1.54, 1.807) is 6.07 Å². The minimum Gasteiger partial charge on any atom is -0.496 e. The van der Waals surface area contributed by atoms with Crippen molar-refractivity contribution in [3.05, 3.63) is 29.6 Å². The van der Waals surface area contributed by atoms with Crippen LogP contribution in [0.25, 0.3) is 0 Å². The van der Waals surface area contributed by atoms with Gasteiger partial charge in [0, 0.05) is 18.2 Å². The fourth-order valence-corrected chi connectivity index (χ4v) is 1.05. The van der Waals surface area contributed by atoms with Crippen molar-refractivity contribution in [2.75, 3.05) is 14.2 Å². The standard InChI is InChI=1S/C9H12FNO.ClH/c1-11-6-7-3-4-8(10)5-9(7)12-2;/h3-5,11H,6H2,1-2H3;1H. The Kier molecular flexibility index (Phi) is 5.42. The average molecular weight is 206 g/mol. The molecule has 0 saturated carbocycles. The van der Waals surface area contributed by atoms with E-state index in [1.165, 1.54) is 19.2 Å². The zero-order chi connectivity index (χ0) is 8.97. The van der Waals surface area contributed by atoms with Crippen LogP contribution in [0.4, 0.5) is 4.39 Å². The third-order valence-electron chi connectivity index (χ3n) is 1.62. The predicted octanol–water partition coefficient (Wildman–Crippen LogP) is 1.98. The summed E-state index contributed by atoms with van der Waals surface area (Å²) in [5.41, 5.74) is 0.960. The molecule has 74 valence electrons. The lowest BCUT2D eigenvalue weighted by molar-refractivity contribution is 0.405. The van der Waals surface area contributed by atoms with E-state index in [0.717, 1.165) is 5.56 Å². The Morgan fingerprint density at radius 3 is 2.69 bits per heavy atom. The Bertz CT molecular complexity index is 268. The molecular weight excluding hydrogens is 193 g/mol. The van der Waals surface area contributed by atoms with Gasteiger partial charge in [0.15, 0.2) is 0 Å². The first-order chi connectivity index (χ1) is 5.77. The molecule has 0 aliphatic heterocycles. The van der Waals surface area contributed by atoms with Crippen molar-refractivity contribution >= 4 is 12.4 Å². The first kappa shape index (κ1) is 12.2. The van der Waals surface area contributed by atoms with Crippen LogP contribution in [0.2, 0.25) is 0 Å². The molecule has 1 aromatic rings. The lowest BCUT2D eigenvalue weighted by Crippen LogP contribution is -2.06. The highest BCUT2D eigenvalue weighted by atomic mass is 35.5. The molecule has 1 rings (SSSR count). The predicted molar refractivity (Wildman–Crippen MR) is 53.0 cm³/mol. The molecule has 13 heavy (non-hydrogen) atoms. The summed E-state index contributed by atoms with van der Waals surface area (Å²) < 4.78 is 17.7. The molecule has 2 nitrogen and oxygen atoms in total. The molecule has 0 amide bonds. The van der Waals surface area contributed by atoms with Crippen LogP contribution in [-0.2, 0) is 6.54 Å². The van der Waals surface area contributed by atoms with Crippen molar-refractivity contribution in [3.63, 3.8) is 0 Å². The monoisotopic (exact) mass is 205 g/mol. The van der Waals surface area contributed by atoms with Gasteiger partial charge in [0.1, 0.15) is 11.6 Å². The molecule has 0 atom stereocenters. The maximum atomic E-state index is 12.7. The van der Waals surface area contributed by atoms with Crippen LogP contribution in [0.5, 0.6) is 5.75 Å². The number of ether oxygens (including phenoxy) is 1. The molecule has 0 heterocycles. The molecule has 1 N–H and O–H groups in total. The SMILES string of the molecule is CNCc1ccc(F)cc1OC.Cl. The van der Waals surface area contributed by atoms with E-state index >= 15 is 0 Å². The summed E-state index contributed by atoms with van der Waals surface area (Å²) in [6, 6.07) is 4.52. The van der Waals surface area contributed by atoms with Gasteiger partial charge in [-0.25, -0.2) is 4.39 Å². The normalized spacial score (nSPS) is 9.15. The highest BCUT2D eigenvalue weighted by Gasteiger charge is 2.02. The number of halogens is 2. The van der Waals surface area contributed by atoms with Crippen LogP contribution in [0.3, 0.4) is 0 Å². The average Bonchev–Trinajstić information content (AvgIpc) is 2.08. The molecule has 0 spiro atoms. The van der Waals surface area contributed by atoms with E-state index in [1.807, 2.05) is 7.05 Å². The second-order valence-corrected chi connectivity index (χ2v) is 2.49. The van der Waals surface area contributed by atoms with Crippen LogP contribution in [0, 0.1) is 5.82 Å². The van der Waals surface area contributed by atoms with Gasteiger partial charge >= 0.3 is 0 Å². The minimum absolute atomic E-state index is 0. The Morgan fingerprint density at radius 1 is 1.46 bits per heavy atom. The minimum atomic E-state index is -0.272. The van der Waals surface area contributed by atoms with E-state index in [0.29, 0.717) is 12.3 Å². The number of hydrogen-bond donors (Lipinski definition) is 1. The van der Waals surface area contributed by atoms with Gasteiger partial charge in [-0.3, -0.25) is 0 Å². The van der Waals surface area contributed by atoms with Gasteiger partial charge in [-0.1, -0.05) is 6.07 Å². The van der Waals surface area contributed by atoms with E-state index in [9.17, 15) is 4.39 Å². The lowest BCUT2D eigenvalue weighted by Gasteiger charge is -2.07. The van der Waals surface area contributed by atoms with Gasteiger partial charge in [0.25, 0.3) is 0 Å². The smallest absolute Gasteiger partial charge is 0.126 e. The summed E-state index contributed by atoms with van der Waals surface area (Å²) in [7, 11) is 3.37. The van der Waals surface area contributed by atoms with Crippen molar-refractivity contribution in [1.82, 2.24) is 5.32 Å². The van der Waals surface area contributed by atoms with Crippen molar-refractivity contribution in [2.24, 2.45) is 0 Å². The molecule has 0 bridgehead atoms. The van der Waals surface area contributed by atoms with Crippen molar-refractivity contribution in [3.8, 4) is 5.75 Å².